The fourth-order valence-corrected chi connectivity index (χ4v) is 1.94. The maximum atomic E-state index is 12.8. The summed E-state index contributed by atoms with van der Waals surface area (Å²) in [5, 5.41) is 9.92. The van der Waals surface area contributed by atoms with Gasteiger partial charge in [-0.05, 0) is 30.4 Å². The third-order valence-corrected chi connectivity index (χ3v) is 3.08. The second-order valence-corrected chi connectivity index (χ2v) is 5.15. The van der Waals surface area contributed by atoms with E-state index in [1.165, 1.54) is 18.2 Å². The lowest BCUT2D eigenvalue weighted by molar-refractivity contribution is -0.138. The van der Waals surface area contributed by atoms with E-state index in [4.69, 9.17) is 5.73 Å². The molecule has 0 saturated heterocycles. The molecule has 0 unspecified atom stereocenters. The first-order valence-electron chi connectivity index (χ1n) is 6.33. The van der Waals surface area contributed by atoms with E-state index in [9.17, 15) is 18.3 Å². The van der Waals surface area contributed by atoms with Crippen molar-refractivity contribution in [3.63, 3.8) is 0 Å². The van der Waals surface area contributed by atoms with Crippen LogP contribution in [0.15, 0.2) is 24.3 Å². The first-order chi connectivity index (χ1) is 8.73. The van der Waals surface area contributed by atoms with Crippen LogP contribution in [0.25, 0.3) is 0 Å². The Balaban J connectivity index is 2.90. The van der Waals surface area contributed by atoms with E-state index >= 15 is 0 Å². The molecule has 0 aliphatic carbocycles. The number of hydrogen-bond donors (Lipinski definition) is 2. The SMILES string of the molecule is CC(C)CC[C@@H](O)[C@@H](N)c1ccccc1C(F)(F)F. The van der Waals surface area contributed by atoms with Crippen LogP contribution in [0.2, 0.25) is 0 Å². The highest BCUT2D eigenvalue weighted by atomic mass is 19.4. The van der Waals surface area contributed by atoms with E-state index in [2.05, 4.69) is 0 Å². The summed E-state index contributed by atoms with van der Waals surface area (Å²) in [6.07, 6.45) is -4.30. The summed E-state index contributed by atoms with van der Waals surface area (Å²) < 4.78 is 38.5. The molecule has 0 radical (unpaired) electrons. The molecule has 0 amide bonds. The number of alkyl halides is 3. The second kappa shape index (κ2) is 6.39. The summed E-state index contributed by atoms with van der Waals surface area (Å²) in [4.78, 5) is 0. The molecule has 5 heteroatoms. The quantitative estimate of drug-likeness (QED) is 0.864. The monoisotopic (exact) mass is 275 g/mol. The Morgan fingerprint density at radius 2 is 1.74 bits per heavy atom. The van der Waals surface area contributed by atoms with Gasteiger partial charge < -0.3 is 10.8 Å². The van der Waals surface area contributed by atoms with Crippen LogP contribution in [0, 0.1) is 5.92 Å². The van der Waals surface area contributed by atoms with Crippen molar-refractivity contribution in [2.45, 2.75) is 45.0 Å². The van der Waals surface area contributed by atoms with E-state index in [1.807, 2.05) is 13.8 Å². The predicted molar refractivity (Wildman–Crippen MR) is 68.5 cm³/mol. The van der Waals surface area contributed by atoms with Crippen molar-refractivity contribution in [2.75, 3.05) is 0 Å². The van der Waals surface area contributed by atoms with Gasteiger partial charge in [0.05, 0.1) is 17.7 Å². The van der Waals surface area contributed by atoms with Gasteiger partial charge in [-0.1, -0.05) is 32.0 Å². The van der Waals surface area contributed by atoms with Crippen LogP contribution in [0.4, 0.5) is 13.2 Å². The Morgan fingerprint density at radius 1 is 1.16 bits per heavy atom. The third kappa shape index (κ3) is 4.51. The molecular formula is C14H20F3NO. The summed E-state index contributed by atoms with van der Waals surface area (Å²) in [6.45, 7) is 3.98. The van der Waals surface area contributed by atoms with Gasteiger partial charge in [-0.2, -0.15) is 13.2 Å². The molecule has 0 aliphatic rings. The summed E-state index contributed by atoms with van der Waals surface area (Å²) in [7, 11) is 0. The van der Waals surface area contributed by atoms with E-state index < -0.39 is 23.9 Å². The van der Waals surface area contributed by atoms with Crippen LogP contribution < -0.4 is 5.73 Å². The first-order valence-corrected chi connectivity index (χ1v) is 6.33. The summed E-state index contributed by atoms with van der Waals surface area (Å²) in [5.74, 6) is 0.375. The average molecular weight is 275 g/mol. The molecule has 3 N–H and O–H groups in total. The molecule has 0 spiro atoms. The number of aliphatic hydroxyl groups excluding tert-OH is 1. The highest BCUT2D eigenvalue weighted by molar-refractivity contribution is 5.32. The molecule has 0 aromatic heterocycles. The number of benzene rings is 1. The van der Waals surface area contributed by atoms with Crippen LogP contribution in [0.3, 0.4) is 0 Å². The van der Waals surface area contributed by atoms with Gasteiger partial charge in [0, 0.05) is 0 Å². The largest absolute Gasteiger partial charge is 0.416 e. The molecule has 0 heterocycles. The Labute approximate surface area is 111 Å². The topological polar surface area (TPSA) is 46.2 Å². The van der Waals surface area contributed by atoms with Crippen LogP contribution >= 0.6 is 0 Å². The number of nitrogens with two attached hydrogens (primary N) is 1. The van der Waals surface area contributed by atoms with Gasteiger partial charge in [-0.15, -0.1) is 0 Å². The van der Waals surface area contributed by atoms with Gasteiger partial charge >= 0.3 is 6.18 Å². The number of hydrogen-bond acceptors (Lipinski definition) is 2. The lowest BCUT2D eigenvalue weighted by Gasteiger charge is -2.23. The van der Waals surface area contributed by atoms with Crippen molar-refractivity contribution < 1.29 is 18.3 Å². The molecule has 0 saturated carbocycles. The number of halogens is 3. The fraction of sp³-hybridized carbons (Fsp3) is 0.571. The Kier molecular flexibility index (Phi) is 5.38. The Hall–Kier alpha value is -1.07. The molecule has 108 valence electrons. The molecule has 0 fully saturated rings. The standard InChI is InChI=1S/C14H20F3NO/c1-9(2)7-8-12(19)13(18)10-5-3-4-6-11(10)14(15,16)17/h3-6,9,12-13,19H,7-8,18H2,1-2H3/t12-,13+/m1/s1. The lowest BCUT2D eigenvalue weighted by Crippen LogP contribution is -2.28. The van der Waals surface area contributed by atoms with Gasteiger partial charge in [0.15, 0.2) is 0 Å². The van der Waals surface area contributed by atoms with Gasteiger partial charge in [0.2, 0.25) is 0 Å². The normalized spacial score (nSPS) is 15.6. The number of aliphatic hydroxyl groups is 1. The Bertz CT molecular complexity index is 404. The minimum atomic E-state index is -4.45. The molecule has 1 aromatic carbocycles. The zero-order valence-electron chi connectivity index (χ0n) is 11.1. The maximum absolute atomic E-state index is 12.8. The molecule has 19 heavy (non-hydrogen) atoms. The summed E-state index contributed by atoms with van der Waals surface area (Å²) >= 11 is 0. The minimum absolute atomic E-state index is 0.0498. The van der Waals surface area contributed by atoms with Crippen molar-refractivity contribution in [1.82, 2.24) is 0 Å². The fourth-order valence-electron chi connectivity index (χ4n) is 1.94. The van der Waals surface area contributed by atoms with Crippen molar-refractivity contribution in [2.24, 2.45) is 11.7 Å². The highest BCUT2D eigenvalue weighted by Crippen LogP contribution is 2.35. The summed E-state index contributed by atoms with van der Waals surface area (Å²) in [6, 6.07) is 4.12. The van der Waals surface area contributed by atoms with Crippen LogP contribution in [0.5, 0.6) is 0 Å². The van der Waals surface area contributed by atoms with Crippen molar-refractivity contribution in [3.05, 3.63) is 35.4 Å². The highest BCUT2D eigenvalue weighted by Gasteiger charge is 2.35. The molecular weight excluding hydrogens is 255 g/mol. The van der Waals surface area contributed by atoms with E-state index in [0.717, 1.165) is 12.5 Å². The van der Waals surface area contributed by atoms with E-state index in [0.29, 0.717) is 12.3 Å². The summed E-state index contributed by atoms with van der Waals surface area (Å²) in [5.41, 5.74) is 4.95. The van der Waals surface area contributed by atoms with Crippen molar-refractivity contribution in [3.8, 4) is 0 Å². The van der Waals surface area contributed by atoms with E-state index in [-0.39, 0.29) is 5.56 Å². The average Bonchev–Trinajstić information content (AvgIpc) is 2.34. The van der Waals surface area contributed by atoms with Crippen LogP contribution in [0.1, 0.15) is 43.9 Å². The lowest BCUT2D eigenvalue weighted by atomic mass is 9.93. The maximum Gasteiger partial charge on any atom is 0.416 e. The second-order valence-electron chi connectivity index (χ2n) is 5.15. The third-order valence-electron chi connectivity index (χ3n) is 3.08. The molecule has 0 aliphatic heterocycles. The predicted octanol–water partition coefficient (Wildman–Crippen LogP) is 3.50. The van der Waals surface area contributed by atoms with Crippen molar-refractivity contribution >= 4 is 0 Å². The van der Waals surface area contributed by atoms with Gasteiger partial charge in [0.1, 0.15) is 0 Å². The smallest absolute Gasteiger partial charge is 0.391 e. The van der Waals surface area contributed by atoms with Gasteiger partial charge in [0.25, 0.3) is 0 Å². The van der Waals surface area contributed by atoms with Crippen molar-refractivity contribution in [1.29, 1.82) is 0 Å². The first kappa shape index (κ1) is 16.0. The zero-order valence-corrected chi connectivity index (χ0v) is 11.1. The van der Waals surface area contributed by atoms with Crippen LogP contribution in [-0.4, -0.2) is 11.2 Å². The van der Waals surface area contributed by atoms with Gasteiger partial charge in [-0.3, -0.25) is 0 Å². The van der Waals surface area contributed by atoms with E-state index in [1.54, 1.807) is 0 Å². The number of rotatable bonds is 5. The molecule has 2 atom stereocenters. The van der Waals surface area contributed by atoms with Crippen LogP contribution in [-0.2, 0) is 6.18 Å². The Morgan fingerprint density at radius 3 is 2.26 bits per heavy atom. The molecule has 1 rings (SSSR count). The minimum Gasteiger partial charge on any atom is -0.391 e. The molecule has 2 nitrogen and oxygen atoms in total. The zero-order chi connectivity index (χ0) is 14.6. The molecule has 0 bridgehead atoms. The van der Waals surface area contributed by atoms with Gasteiger partial charge in [-0.25, -0.2) is 0 Å². The molecule has 1 aromatic rings.